The SMILES string of the molecule is N#Cc1cccc(-c2nc(N)n3nc(Cc4c(F)cccc4CN4CCC(C(=O)O)CC4)nc3c2-c2ccncn2)c1. The highest BCUT2D eigenvalue weighted by molar-refractivity contribution is 5.89. The van der Waals surface area contributed by atoms with Gasteiger partial charge in [-0.05, 0) is 61.3 Å². The molecule has 3 aromatic heterocycles. The van der Waals surface area contributed by atoms with E-state index in [0.717, 1.165) is 5.56 Å². The molecule has 11 nitrogen and oxygen atoms in total. The number of anilines is 1. The van der Waals surface area contributed by atoms with Crippen molar-refractivity contribution in [2.75, 3.05) is 18.8 Å². The molecule has 6 rings (SSSR count). The van der Waals surface area contributed by atoms with Gasteiger partial charge in [0.1, 0.15) is 12.1 Å². The van der Waals surface area contributed by atoms with Crippen LogP contribution < -0.4 is 5.73 Å². The fourth-order valence-corrected chi connectivity index (χ4v) is 5.38. The molecule has 0 unspecified atom stereocenters. The second-order valence-corrected chi connectivity index (χ2v) is 10.2. The summed E-state index contributed by atoms with van der Waals surface area (Å²) in [6.07, 6.45) is 4.25. The minimum atomic E-state index is -0.768. The number of aromatic nitrogens is 6. The lowest BCUT2D eigenvalue weighted by Gasteiger charge is -2.30. The van der Waals surface area contributed by atoms with Crippen LogP contribution in [0.25, 0.3) is 28.2 Å². The Kier molecular flexibility index (Phi) is 7.24. The van der Waals surface area contributed by atoms with Crippen LogP contribution in [0, 0.1) is 23.1 Å². The summed E-state index contributed by atoms with van der Waals surface area (Å²) < 4.78 is 16.7. The summed E-state index contributed by atoms with van der Waals surface area (Å²) in [5.74, 6) is -1.06. The number of carboxylic acid groups (broad SMARTS) is 1. The van der Waals surface area contributed by atoms with Gasteiger partial charge in [0, 0.05) is 24.7 Å². The molecule has 0 aliphatic carbocycles. The molecular weight excluding hydrogens is 537 g/mol. The molecule has 4 heterocycles. The summed E-state index contributed by atoms with van der Waals surface area (Å²) >= 11 is 0. The highest BCUT2D eigenvalue weighted by atomic mass is 19.1. The van der Waals surface area contributed by atoms with Gasteiger partial charge in [0.05, 0.1) is 34.5 Å². The predicted octanol–water partition coefficient (Wildman–Crippen LogP) is 3.73. The van der Waals surface area contributed by atoms with E-state index < -0.39 is 5.97 Å². The molecule has 1 saturated heterocycles. The number of hydrogen-bond acceptors (Lipinski definition) is 9. The average molecular weight is 564 g/mol. The normalized spacial score (nSPS) is 14.2. The molecule has 1 aliphatic rings. The zero-order chi connectivity index (χ0) is 29.2. The van der Waals surface area contributed by atoms with Gasteiger partial charge in [0.25, 0.3) is 0 Å². The second-order valence-electron chi connectivity index (χ2n) is 10.2. The number of aliphatic carboxylic acids is 1. The van der Waals surface area contributed by atoms with E-state index in [1.165, 1.54) is 16.9 Å². The lowest BCUT2D eigenvalue weighted by Crippen LogP contribution is -2.36. The monoisotopic (exact) mass is 563 g/mol. The lowest BCUT2D eigenvalue weighted by atomic mass is 9.96. The van der Waals surface area contributed by atoms with Crippen molar-refractivity contribution in [3.8, 4) is 28.6 Å². The molecule has 210 valence electrons. The smallest absolute Gasteiger partial charge is 0.306 e. The van der Waals surface area contributed by atoms with E-state index in [1.54, 1.807) is 36.5 Å². The maximum Gasteiger partial charge on any atom is 0.306 e. The van der Waals surface area contributed by atoms with Crippen LogP contribution in [0.4, 0.5) is 10.3 Å². The fraction of sp³-hybridized carbons (Fsp3) is 0.233. The van der Waals surface area contributed by atoms with Crippen LogP contribution in [0.2, 0.25) is 0 Å². The predicted molar refractivity (Wildman–Crippen MR) is 151 cm³/mol. The molecule has 0 saturated carbocycles. The zero-order valence-electron chi connectivity index (χ0n) is 22.5. The number of piperidine rings is 1. The van der Waals surface area contributed by atoms with Crippen LogP contribution in [-0.4, -0.2) is 58.6 Å². The molecule has 12 heteroatoms. The number of fused-ring (bicyclic) bond motifs is 1. The Morgan fingerprint density at radius 1 is 1.14 bits per heavy atom. The minimum absolute atomic E-state index is 0.0778. The minimum Gasteiger partial charge on any atom is -0.481 e. The fourth-order valence-electron chi connectivity index (χ4n) is 5.38. The first-order valence-corrected chi connectivity index (χ1v) is 13.4. The highest BCUT2D eigenvalue weighted by Gasteiger charge is 2.26. The summed E-state index contributed by atoms with van der Waals surface area (Å²) in [5.41, 5.74) is 10.7. The number of carboxylic acids is 1. The number of likely N-dealkylation sites (tertiary alicyclic amines) is 1. The summed E-state index contributed by atoms with van der Waals surface area (Å²) in [4.78, 5) is 31.3. The summed E-state index contributed by atoms with van der Waals surface area (Å²) in [5, 5.41) is 23.4. The number of carbonyl (C=O) groups is 1. The van der Waals surface area contributed by atoms with E-state index in [2.05, 4.69) is 31.0 Å². The van der Waals surface area contributed by atoms with E-state index >= 15 is 4.39 Å². The van der Waals surface area contributed by atoms with Crippen molar-refractivity contribution in [3.05, 3.63) is 89.4 Å². The maximum absolute atomic E-state index is 15.3. The van der Waals surface area contributed by atoms with Crippen molar-refractivity contribution < 1.29 is 14.3 Å². The molecule has 1 aliphatic heterocycles. The first-order chi connectivity index (χ1) is 20.4. The molecule has 1 fully saturated rings. The summed E-state index contributed by atoms with van der Waals surface area (Å²) in [7, 11) is 0. The third-order valence-corrected chi connectivity index (χ3v) is 7.54. The molecule has 2 aromatic carbocycles. The van der Waals surface area contributed by atoms with Crippen LogP contribution in [0.1, 0.15) is 35.4 Å². The number of hydrogen-bond donors (Lipinski definition) is 2. The Morgan fingerprint density at radius 2 is 1.95 bits per heavy atom. The number of benzene rings is 2. The van der Waals surface area contributed by atoms with Crippen molar-refractivity contribution >= 4 is 17.6 Å². The van der Waals surface area contributed by atoms with Gasteiger partial charge in [-0.2, -0.15) is 9.78 Å². The highest BCUT2D eigenvalue weighted by Crippen LogP contribution is 2.34. The second kappa shape index (κ2) is 11.3. The van der Waals surface area contributed by atoms with Gasteiger partial charge >= 0.3 is 5.97 Å². The Hall–Kier alpha value is -5.28. The van der Waals surface area contributed by atoms with Crippen molar-refractivity contribution in [1.82, 2.24) is 34.4 Å². The van der Waals surface area contributed by atoms with E-state index in [0.29, 0.717) is 77.6 Å². The molecule has 42 heavy (non-hydrogen) atoms. The van der Waals surface area contributed by atoms with Gasteiger partial charge in [-0.25, -0.2) is 24.3 Å². The summed E-state index contributed by atoms with van der Waals surface area (Å²) in [6, 6.07) is 15.8. The number of nitrogens with two attached hydrogens (primary N) is 1. The number of halogens is 1. The van der Waals surface area contributed by atoms with E-state index in [-0.39, 0.29) is 24.1 Å². The van der Waals surface area contributed by atoms with Gasteiger partial charge < -0.3 is 10.8 Å². The van der Waals surface area contributed by atoms with Crippen LogP contribution in [0.3, 0.4) is 0 Å². The quantitative estimate of drug-likeness (QED) is 0.299. The number of rotatable bonds is 7. The van der Waals surface area contributed by atoms with Crippen molar-refractivity contribution in [2.24, 2.45) is 5.92 Å². The zero-order valence-corrected chi connectivity index (χ0v) is 22.5. The molecular formula is C30H26FN9O2. The third-order valence-electron chi connectivity index (χ3n) is 7.54. The number of nitriles is 1. The molecule has 0 amide bonds. The molecule has 0 atom stereocenters. The summed E-state index contributed by atoms with van der Waals surface area (Å²) in [6.45, 7) is 1.74. The first kappa shape index (κ1) is 26.9. The van der Waals surface area contributed by atoms with Gasteiger partial charge in [0.2, 0.25) is 5.95 Å². The maximum atomic E-state index is 15.3. The van der Waals surface area contributed by atoms with Gasteiger partial charge in [-0.3, -0.25) is 9.69 Å². The molecule has 0 radical (unpaired) electrons. The first-order valence-electron chi connectivity index (χ1n) is 13.4. The average Bonchev–Trinajstić information content (AvgIpc) is 3.44. The van der Waals surface area contributed by atoms with Crippen molar-refractivity contribution in [2.45, 2.75) is 25.8 Å². The lowest BCUT2D eigenvalue weighted by molar-refractivity contribution is -0.143. The topological polar surface area (TPSA) is 159 Å². The Bertz CT molecular complexity index is 1830. The third kappa shape index (κ3) is 5.25. The van der Waals surface area contributed by atoms with Crippen LogP contribution >= 0.6 is 0 Å². The van der Waals surface area contributed by atoms with Crippen LogP contribution in [0.15, 0.2) is 61.1 Å². The Labute approximate surface area is 240 Å². The van der Waals surface area contributed by atoms with Crippen molar-refractivity contribution in [3.63, 3.8) is 0 Å². The molecule has 0 bridgehead atoms. The number of nitrogens with zero attached hydrogens (tertiary/aromatic N) is 8. The molecule has 5 aromatic rings. The Balaban J connectivity index is 1.40. The van der Waals surface area contributed by atoms with E-state index in [1.807, 2.05) is 12.1 Å². The largest absolute Gasteiger partial charge is 0.481 e. The van der Waals surface area contributed by atoms with Gasteiger partial charge in [0.15, 0.2) is 11.5 Å². The van der Waals surface area contributed by atoms with E-state index in [9.17, 15) is 15.2 Å². The Morgan fingerprint density at radius 3 is 2.69 bits per heavy atom. The van der Waals surface area contributed by atoms with E-state index in [4.69, 9.17) is 10.7 Å². The molecule has 0 spiro atoms. The van der Waals surface area contributed by atoms with Gasteiger partial charge in [-0.15, -0.1) is 5.10 Å². The van der Waals surface area contributed by atoms with Crippen LogP contribution in [0.5, 0.6) is 0 Å². The standard InChI is InChI=1S/C30H26FN9O2/c31-23-6-2-5-21(16-39-11-8-19(9-12-39)29(41)42)22(23)14-25-36-28-26(24-7-10-34-17-35-24)27(37-30(33)40(28)38-25)20-4-1-3-18(13-20)15-32/h1-7,10,13,17,19H,8-9,11-12,14,16H2,(H2,33,37)(H,41,42). The molecule has 3 N–H and O–H groups in total. The van der Waals surface area contributed by atoms with Gasteiger partial charge in [-0.1, -0.05) is 24.3 Å². The number of nitrogen functional groups attached to an aromatic ring is 1. The van der Waals surface area contributed by atoms with Crippen molar-refractivity contribution in [1.29, 1.82) is 5.26 Å². The van der Waals surface area contributed by atoms with Crippen LogP contribution in [-0.2, 0) is 17.8 Å².